The van der Waals surface area contributed by atoms with E-state index >= 15 is 0 Å². The molecule has 6 bridgehead atoms. The van der Waals surface area contributed by atoms with Gasteiger partial charge in [-0.2, -0.15) is 0 Å². The molecule has 0 aromatic carbocycles. The predicted molar refractivity (Wildman–Crippen MR) is 198 cm³/mol. The van der Waals surface area contributed by atoms with E-state index in [2.05, 4.69) is 13.5 Å². The van der Waals surface area contributed by atoms with E-state index in [1.165, 1.54) is 13.2 Å². The van der Waals surface area contributed by atoms with Crippen LogP contribution in [0.15, 0.2) is 36.5 Å². The lowest BCUT2D eigenvalue weighted by atomic mass is 9.74. The van der Waals surface area contributed by atoms with Crippen LogP contribution in [-0.2, 0) is 47.5 Å². The lowest BCUT2D eigenvalue weighted by molar-refractivity contribution is -0.327. The lowest BCUT2D eigenvalue weighted by Crippen LogP contribution is -2.62. The molecule has 4 rings (SSSR count). The van der Waals surface area contributed by atoms with Crippen molar-refractivity contribution < 1.29 is 62.9 Å². The van der Waals surface area contributed by atoms with Crippen molar-refractivity contribution in [3.8, 4) is 0 Å². The molecule has 0 aliphatic carbocycles. The van der Waals surface area contributed by atoms with Crippen LogP contribution in [0.1, 0.15) is 124 Å². The number of methoxy groups -OCH3 is 1. The molecule has 10 atom stereocenters. The first kappa shape index (κ1) is 44.1. The zero-order valence-corrected chi connectivity index (χ0v) is 32.7. The monoisotopic (exact) mass is 764 g/mol. The summed E-state index contributed by atoms with van der Waals surface area (Å²) >= 11 is 0. The minimum Gasteiger partial charge on any atom is -0.466 e. The smallest absolute Gasteiger partial charge is 0.330 e. The van der Waals surface area contributed by atoms with Crippen molar-refractivity contribution in [2.45, 2.75) is 184 Å². The molecule has 4 heterocycles. The molecule has 4 unspecified atom stereocenters. The van der Waals surface area contributed by atoms with E-state index in [4.69, 9.17) is 33.2 Å². The summed E-state index contributed by atoms with van der Waals surface area (Å²) in [5, 5.41) is 33.9. The van der Waals surface area contributed by atoms with Gasteiger partial charge >= 0.3 is 17.9 Å². The maximum absolute atomic E-state index is 13.4. The molecule has 0 aromatic heterocycles. The summed E-state index contributed by atoms with van der Waals surface area (Å²) in [6.07, 6.45) is 9.26. The summed E-state index contributed by atoms with van der Waals surface area (Å²) in [5.74, 6) is -4.26. The van der Waals surface area contributed by atoms with E-state index < -0.39 is 66.4 Å². The van der Waals surface area contributed by atoms with Crippen LogP contribution in [0.2, 0.25) is 0 Å². The summed E-state index contributed by atoms with van der Waals surface area (Å²) in [4.78, 5) is 39.1. The van der Waals surface area contributed by atoms with Gasteiger partial charge in [-0.3, -0.25) is 9.59 Å². The van der Waals surface area contributed by atoms with Gasteiger partial charge in [-0.1, -0.05) is 58.6 Å². The third-order valence-electron chi connectivity index (χ3n) is 10.9. The first-order valence-electron chi connectivity index (χ1n) is 19.9. The molecular weight excluding hydrogens is 700 g/mol. The molecule has 3 saturated heterocycles. The van der Waals surface area contributed by atoms with Gasteiger partial charge in [0, 0.05) is 43.6 Å². The Bertz CT molecular complexity index is 1300. The number of unbranched alkanes of at least 4 members (excludes halogenated alkanes) is 4. The van der Waals surface area contributed by atoms with Crippen LogP contribution in [0.5, 0.6) is 0 Å². The lowest BCUT2D eigenvalue weighted by Gasteiger charge is -2.51. The third kappa shape index (κ3) is 12.7. The summed E-state index contributed by atoms with van der Waals surface area (Å²) in [6.45, 7) is 8.86. The number of rotatable bonds is 11. The fourth-order valence-electron chi connectivity index (χ4n) is 7.89. The van der Waals surface area contributed by atoms with Gasteiger partial charge < -0.3 is 48.5 Å². The quantitative estimate of drug-likeness (QED) is 0.0816. The van der Waals surface area contributed by atoms with Crippen molar-refractivity contribution in [2.24, 2.45) is 5.41 Å². The second-order valence-electron chi connectivity index (χ2n) is 15.8. The standard InChI is InChI=1S/C41H64O13/c1-6-8-9-10-11-16-35(44)53-39-27(20-36(45)48-5)19-33-25-34(26-42)50-37(46)22-28(43)21-30-14-12-15-31(49-30)24-32-23-29(13-7-2)51-38(52-32)17-18-40(3,4)41(39,47)54-33/h7,17-18,20,28-34,38-39,42-43,47H,2,6,8-16,19,21-26H2,1,3-5H3/b18-17+,27-20+/t28-,29?,30+,31?,32?,33+,34?,38+,39+,41-/m1/s1. The first-order chi connectivity index (χ1) is 25.8. The van der Waals surface area contributed by atoms with E-state index in [9.17, 15) is 29.7 Å². The summed E-state index contributed by atoms with van der Waals surface area (Å²) in [5.41, 5.74) is -1.08. The van der Waals surface area contributed by atoms with Crippen molar-refractivity contribution in [3.63, 3.8) is 0 Å². The van der Waals surface area contributed by atoms with Crippen molar-refractivity contribution in [2.75, 3.05) is 13.7 Å². The number of hydrogen-bond donors (Lipinski definition) is 3. The Morgan fingerprint density at radius 3 is 2.39 bits per heavy atom. The van der Waals surface area contributed by atoms with E-state index in [1.54, 1.807) is 32.1 Å². The number of cyclic esters (lactones) is 1. The largest absolute Gasteiger partial charge is 0.466 e. The molecule has 0 amide bonds. The predicted octanol–water partition coefficient (Wildman–Crippen LogP) is 5.27. The molecule has 54 heavy (non-hydrogen) atoms. The van der Waals surface area contributed by atoms with Crippen molar-refractivity contribution in [1.82, 2.24) is 0 Å². The highest BCUT2D eigenvalue weighted by molar-refractivity contribution is 5.83. The van der Waals surface area contributed by atoms with Crippen molar-refractivity contribution >= 4 is 17.9 Å². The van der Waals surface area contributed by atoms with E-state index in [1.807, 2.05) is 0 Å². The molecule has 0 radical (unpaired) electrons. The van der Waals surface area contributed by atoms with Crippen molar-refractivity contribution in [3.05, 3.63) is 36.5 Å². The highest BCUT2D eigenvalue weighted by atomic mass is 16.7. The molecule has 4 aliphatic rings. The van der Waals surface area contributed by atoms with E-state index in [0.29, 0.717) is 25.7 Å². The van der Waals surface area contributed by atoms with E-state index in [0.717, 1.165) is 44.9 Å². The molecule has 4 aliphatic heterocycles. The topological polar surface area (TPSA) is 177 Å². The highest BCUT2D eigenvalue weighted by Crippen LogP contribution is 2.47. The summed E-state index contributed by atoms with van der Waals surface area (Å²) in [7, 11) is 1.22. The number of hydrogen-bond acceptors (Lipinski definition) is 13. The molecule has 3 N–H and O–H groups in total. The number of carbonyl (C=O) groups is 3. The molecule has 0 spiro atoms. The Hall–Kier alpha value is -2.65. The van der Waals surface area contributed by atoms with Crippen LogP contribution in [0.25, 0.3) is 0 Å². The molecule has 13 heteroatoms. The average molecular weight is 765 g/mol. The first-order valence-corrected chi connectivity index (χ1v) is 19.9. The van der Waals surface area contributed by atoms with Crippen molar-refractivity contribution in [1.29, 1.82) is 0 Å². The van der Waals surface area contributed by atoms with Crippen LogP contribution in [0, 0.1) is 5.41 Å². The number of carbonyl (C=O) groups excluding carboxylic acids is 3. The fourth-order valence-corrected chi connectivity index (χ4v) is 7.89. The van der Waals surface area contributed by atoms with Gasteiger partial charge in [-0.25, -0.2) is 4.79 Å². The molecule has 0 aromatic rings. The zero-order chi connectivity index (χ0) is 39.3. The molecule has 0 saturated carbocycles. The maximum atomic E-state index is 13.4. The van der Waals surface area contributed by atoms with Gasteiger partial charge in [0.05, 0.1) is 56.8 Å². The summed E-state index contributed by atoms with van der Waals surface area (Å²) in [6, 6.07) is 0. The van der Waals surface area contributed by atoms with Gasteiger partial charge in [0.15, 0.2) is 12.4 Å². The van der Waals surface area contributed by atoms with Crippen LogP contribution in [-0.4, -0.2) is 108 Å². The Kier molecular flexibility index (Phi) is 17.2. The minimum atomic E-state index is -2.27. The zero-order valence-electron chi connectivity index (χ0n) is 32.7. The normalized spacial score (nSPS) is 36.3. The maximum Gasteiger partial charge on any atom is 0.330 e. The molecule has 3 fully saturated rings. The number of aliphatic hydroxyl groups excluding tert-OH is 2. The van der Waals surface area contributed by atoms with Gasteiger partial charge in [-0.15, -0.1) is 6.58 Å². The third-order valence-corrected chi connectivity index (χ3v) is 10.9. The van der Waals surface area contributed by atoms with E-state index in [-0.39, 0.29) is 62.1 Å². The Morgan fingerprint density at radius 1 is 0.963 bits per heavy atom. The van der Waals surface area contributed by atoms with Gasteiger partial charge in [-0.05, 0) is 50.2 Å². The number of ether oxygens (including phenoxy) is 7. The number of fused-ring (bicyclic) bond motifs is 6. The average Bonchev–Trinajstić information content (AvgIpc) is 3.11. The Labute approximate surface area is 320 Å². The second-order valence-corrected chi connectivity index (χ2v) is 15.8. The SMILES string of the molecule is C=CCC1CC2CC3CCC[C@@H](C[C@@H](O)CC(=O)OC(CO)C[C@@H]4C/C(=C\C(=O)OC)[C@H](OC(=O)CCCCCCC)[C@@](O)(O4)C(C)(C)/C=C/[C@@H](O1)O2)O3. The molecule has 13 nitrogen and oxygen atoms in total. The van der Waals surface area contributed by atoms with Crippen LogP contribution in [0.4, 0.5) is 0 Å². The number of aliphatic hydroxyl groups is 3. The van der Waals surface area contributed by atoms with Crippen LogP contribution in [0.3, 0.4) is 0 Å². The molecule has 306 valence electrons. The Morgan fingerprint density at radius 2 is 1.69 bits per heavy atom. The van der Waals surface area contributed by atoms with Crippen LogP contribution < -0.4 is 0 Å². The molecular formula is C41H64O13. The van der Waals surface area contributed by atoms with Crippen LogP contribution >= 0.6 is 0 Å². The second kappa shape index (κ2) is 21.0. The van der Waals surface area contributed by atoms with Gasteiger partial charge in [0.1, 0.15) is 6.10 Å². The number of esters is 3. The summed E-state index contributed by atoms with van der Waals surface area (Å²) < 4.78 is 42.2. The fraction of sp³-hybridized carbons (Fsp3) is 0.780. The van der Waals surface area contributed by atoms with Gasteiger partial charge in [0.2, 0.25) is 5.79 Å². The Balaban J connectivity index is 1.72. The minimum absolute atomic E-state index is 0.0116. The van der Waals surface area contributed by atoms with Gasteiger partial charge in [0.25, 0.3) is 0 Å². The highest BCUT2D eigenvalue weighted by Gasteiger charge is 2.57.